The minimum Gasteiger partial charge on any atom is -0.429 e. The van der Waals surface area contributed by atoms with Gasteiger partial charge in [-0.25, -0.2) is 0 Å². The Morgan fingerprint density at radius 3 is 2.41 bits per heavy atom. The average molecular weight is 310 g/mol. The van der Waals surface area contributed by atoms with Crippen LogP contribution in [0.1, 0.15) is 16.7 Å². The standard InChI is InChI=1S/C11H8BrN3OS/c1-6-3-8(5-13)4-7(2)9(6)16-11-15-14-10(12)17-11/h3-4H,1-2H3. The second-order valence-corrected chi connectivity index (χ2v) is 5.69. The molecule has 0 unspecified atom stereocenters. The molecule has 6 heteroatoms. The van der Waals surface area contributed by atoms with Gasteiger partial charge in [-0.1, -0.05) is 5.10 Å². The predicted octanol–water partition coefficient (Wildman–Crippen LogP) is 3.58. The monoisotopic (exact) mass is 309 g/mol. The number of benzene rings is 1. The Labute approximate surface area is 111 Å². The minimum absolute atomic E-state index is 0.479. The van der Waals surface area contributed by atoms with E-state index in [1.54, 1.807) is 12.1 Å². The zero-order valence-corrected chi connectivity index (χ0v) is 11.6. The van der Waals surface area contributed by atoms with Gasteiger partial charge in [0.25, 0.3) is 5.19 Å². The van der Waals surface area contributed by atoms with Crippen LogP contribution < -0.4 is 4.74 Å². The van der Waals surface area contributed by atoms with Crippen LogP contribution in [-0.2, 0) is 0 Å². The Bertz CT molecular complexity index is 580. The highest BCUT2D eigenvalue weighted by Gasteiger charge is 2.10. The van der Waals surface area contributed by atoms with E-state index in [0.29, 0.717) is 14.7 Å². The van der Waals surface area contributed by atoms with Crippen LogP contribution in [-0.4, -0.2) is 10.2 Å². The molecule has 1 heterocycles. The summed E-state index contributed by atoms with van der Waals surface area (Å²) < 4.78 is 6.34. The third-order valence-electron chi connectivity index (χ3n) is 2.16. The molecular weight excluding hydrogens is 302 g/mol. The second kappa shape index (κ2) is 4.82. The lowest BCUT2D eigenvalue weighted by Crippen LogP contribution is -1.92. The summed E-state index contributed by atoms with van der Waals surface area (Å²) >= 11 is 4.54. The van der Waals surface area contributed by atoms with E-state index in [1.165, 1.54) is 11.3 Å². The Morgan fingerprint density at radius 1 is 1.29 bits per heavy atom. The van der Waals surface area contributed by atoms with Crippen molar-refractivity contribution in [3.63, 3.8) is 0 Å². The summed E-state index contributed by atoms with van der Waals surface area (Å²) in [6.45, 7) is 3.80. The molecule has 0 atom stereocenters. The number of aromatic nitrogens is 2. The Kier molecular flexibility index (Phi) is 3.41. The smallest absolute Gasteiger partial charge is 0.300 e. The third-order valence-corrected chi connectivity index (χ3v) is 3.39. The molecule has 0 amide bonds. The molecule has 0 radical (unpaired) electrons. The van der Waals surface area contributed by atoms with E-state index in [-0.39, 0.29) is 0 Å². The molecule has 1 aromatic carbocycles. The van der Waals surface area contributed by atoms with Gasteiger partial charge in [0.2, 0.25) is 0 Å². The lowest BCUT2D eigenvalue weighted by Gasteiger charge is -2.09. The maximum Gasteiger partial charge on any atom is 0.300 e. The van der Waals surface area contributed by atoms with Crippen LogP contribution in [0.3, 0.4) is 0 Å². The van der Waals surface area contributed by atoms with E-state index in [2.05, 4.69) is 32.2 Å². The van der Waals surface area contributed by atoms with E-state index in [1.807, 2.05) is 13.8 Å². The first-order chi connectivity index (χ1) is 8.10. The van der Waals surface area contributed by atoms with Gasteiger partial charge >= 0.3 is 0 Å². The molecule has 4 nitrogen and oxygen atoms in total. The molecule has 0 N–H and O–H groups in total. The largest absolute Gasteiger partial charge is 0.429 e. The number of halogens is 1. The highest BCUT2D eigenvalue weighted by Crippen LogP contribution is 2.32. The van der Waals surface area contributed by atoms with Crippen molar-refractivity contribution in [2.24, 2.45) is 0 Å². The third kappa shape index (κ3) is 2.62. The normalized spacial score (nSPS) is 10.0. The molecule has 0 spiro atoms. The van der Waals surface area contributed by atoms with Crippen LogP contribution in [0.4, 0.5) is 0 Å². The van der Waals surface area contributed by atoms with Crippen molar-refractivity contribution in [1.82, 2.24) is 10.2 Å². The van der Waals surface area contributed by atoms with Gasteiger partial charge in [-0.2, -0.15) is 5.26 Å². The van der Waals surface area contributed by atoms with Gasteiger partial charge in [0.1, 0.15) is 5.75 Å². The van der Waals surface area contributed by atoms with Crippen LogP contribution in [0.25, 0.3) is 0 Å². The first-order valence-corrected chi connectivity index (χ1v) is 6.39. The zero-order chi connectivity index (χ0) is 12.4. The first-order valence-electron chi connectivity index (χ1n) is 4.78. The summed E-state index contributed by atoms with van der Waals surface area (Å²) in [4.78, 5) is 0. The van der Waals surface area contributed by atoms with E-state index >= 15 is 0 Å². The van der Waals surface area contributed by atoms with Gasteiger partial charge in [-0.15, -0.1) is 5.10 Å². The lowest BCUT2D eigenvalue weighted by atomic mass is 10.1. The van der Waals surface area contributed by atoms with Crippen molar-refractivity contribution >= 4 is 27.3 Å². The number of ether oxygens (including phenoxy) is 1. The molecule has 1 aromatic heterocycles. The van der Waals surface area contributed by atoms with Crippen LogP contribution in [0, 0.1) is 25.2 Å². The van der Waals surface area contributed by atoms with Gasteiger partial charge in [-0.05, 0) is 64.4 Å². The summed E-state index contributed by atoms with van der Waals surface area (Å²) in [7, 11) is 0. The van der Waals surface area contributed by atoms with Crippen LogP contribution in [0.2, 0.25) is 0 Å². The van der Waals surface area contributed by atoms with Crippen molar-refractivity contribution in [3.05, 3.63) is 32.7 Å². The Hall–Kier alpha value is -1.45. The molecule has 0 aliphatic rings. The maximum atomic E-state index is 8.85. The molecule has 0 bridgehead atoms. The number of nitrogens with zero attached hydrogens (tertiary/aromatic N) is 3. The van der Waals surface area contributed by atoms with Gasteiger partial charge in [0, 0.05) is 0 Å². The quantitative estimate of drug-likeness (QED) is 0.850. The number of hydrogen-bond acceptors (Lipinski definition) is 5. The van der Waals surface area contributed by atoms with Crippen molar-refractivity contribution in [2.75, 3.05) is 0 Å². The summed E-state index contributed by atoms with van der Waals surface area (Å²) in [6, 6.07) is 5.70. The fourth-order valence-electron chi connectivity index (χ4n) is 1.50. The first kappa shape index (κ1) is 12.0. The van der Waals surface area contributed by atoms with Crippen LogP contribution in [0.5, 0.6) is 10.9 Å². The van der Waals surface area contributed by atoms with Gasteiger partial charge in [0.15, 0.2) is 3.92 Å². The van der Waals surface area contributed by atoms with Crippen molar-refractivity contribution in [1.29, 1.82) is 5.26 Å². The molecule has 2 rings (SSSR count). The molecule has 0 aliphatic carbocycles. The molecule has 86 valence electrons. The molecule has 0 saturated heterocycles. The van der Waals surface area contributed by atoms with Crippen molar-refractivity contribution in [2.45, 2.75) is 13.8 Å². The molecule has 0 fully saturated rings. The second-order valence-electron chi connectivity index (χ2n) is 3.47. The van der Waals surface area contributed by atoms with Gasteiger partial charge in [-0.3, -0.25) is 0 Å². The van der Waals surface area contributed by atoms with Crippen LogP contribution in [0.15, 0.2) is 16.0 Å². The average Bonchev–Trinajstić information content (AvgIpc) is 2.69. The van der Waals surface area contributed by atoms with Gasteiger partial charge < -0.3 is 4.74 Å². The van der Waals surface area contributed by atoms with Crippen LogP contribution >= 0.6 is 27.3 Å². The molecular formula is C11H8BrN3OS. The number of rotatable bonds is 2. The Balaban J connectivity index is 2.37. The fourth-order valence-corrected chi connectivity index (χ4v) is 2.42. The minimum atomic E-state index is 0.479. The van der Waals surface area contributed by atoms with E-state index in [4.69, 9.17) is 10.00 Å². The Morgan fingerprint density at radius 2 is 1.94 bits per heavy atom. The molecule has 17 heavy (non-hydrogen) atoms. The summed E-state index contributed by atoms with van der Waals surface area (Å²) in [6.07, 6.45) is 0. The highest BCUT2D eigenvalue weighted by atomic mass is 79.9. The maximum absolute atomic E-state index is 8.85. The SMILES string of the molecule is Cc1cc(C#N)cc(C)c1Oc1nnc(Br)s1. The summed E-state index contributed by atoms with van der Waals surface area (Å²) in [5, 5.41) is 17.0. The molecule has 0 aliphatic heterocycles. The highest BCUT2D eigenvalue weighted by molar-refractivity contribution is 9.11. The number of aryl methyl sites for hydroxylation is 2. The fraction of sp³-hybridized carbons (Fsp3) is 0.182. The predicted molar refractivity (Wildman–Crippen MR) is 68.3 cm³/mol. The van der Waals surface area contributed by atoms with Gasteiger partial charge in [0.05, 0.1) is 11.6 Å². The van der Waals surface area contributed by atoms with E-state index in [9.17, 15) is 0 Å². The summed E-state index contributed by atoms with van der Waals surface area (Å²) in [5.74, 6) is 0.729. The number of nitriles is 1. The van der Waals surface area contributed by atoms with Crippen molar-refractivity contribution in [3.8, 4) is 17.0 Å². The molecule has 0 saturated carbocycles. The topological polar surface area (TPSA) is 58.8 Å². The molecule has 2 aromatic rings. The van der Waals surface area contributed by atoms with Crippen molar-refractivity contribution < 1.29 is 4.74 Å². The zero-order valence-electron chi connectivity index (χ0n) is 9.19. The summed E-state index contributed by atoms with van der Waals surface area (Å²) in [5.41, 5.74) is 2.45. The number of hydrogen-bond donors (Lipinski definition) is 0. The lowest BCUT2D eigenvalue weighted by molar-refractivity contribution is 0.466. The van der Waals surface area contributed by atoms with E-state index in [0.717, 1.165) is 16.9 Å². The van der Waals surface area contributed by atoms with E-state index < -0.39 is 0 Å².